The average Bonchev–Trinajstić information content (AvgIpc) is 3.34. The lowest BCUT2D eigenvalue weighted by molar-refractivity contribution is -0.0438. The molecule has 0 radical (unpaired) electrons. The lowest BCUT2D eigenvalue weighted by Gasteiger charge is -2.48. The monoisotopic (exact) mass is 375 g/mol. The molecule has 150 valence electrons. The van der Waals surface area contributed by atoms with Gasteiger partial charge in [0.25, 0.3) is 5.91 Å². The highest BCUT2D eigenvalue weighted by molar-refractivity contribution is 5.92. The maximum Gasteiger partial charge on any atom is 0.289 e. The molecule has 4 heterocycles. The van der Waals surface area contributed by atoms with Gasteiger partial charge in [-0.15, -0.1) is 0 Å². The van der Waals surface area contributed by atoms with Crippen LogP contribution in [0.5, 0.6) is 0 Å². The zero-order valence-electron chi connectivity index (χ0n) is 16.5. The van der Waals surface area contributed by atoms with Crippen molar-refractivity contribution in [1.29, 1.82) is 0 Å². The summed E-state index contributed by atoms with van der Waals surface area (Å²) in [5.74, 6) is 1.39. The summed E-state index contributed by atoms with van der Waals surface area (Å²) in [6.45, 7) is 8.24. The molecule has 3 fully saturated rings. The lowest BCUT2D eigenvalue weighted by Crippen LogP contribution is -2.58. The number of aliphatic hydroxyl groups is 1. The molecule has 0 saturated carbocycles. The number of carbonyl (C=O) groups is 1. The summed E-state index contributed by atoms with van der Waals surface area (Å²) < 4.78 is 6.00. The number of amides is 1. The summed E-state index contributed by atoms with van der Waals surface area (Å²) in [4.78, 5) is 17.5. The van der Waals surface area contributed by atoms with E-state index in [0.717, 1.165) is 76.3 Å². The van der Waals surface area contributed by atoms with E-state index in [0.29, 0.717) is 12.3 Å². The number of aliphatic hydroxyl groups excluding tert-OH is 1. The van der Waals surface area contributed by atoms with Crippen LogP contribution in [0.3, 0.4) is 0 Å². The van der Waals surface area contributed by atoms with Crippen LogP contribution >= 0.6 is 0 Å². The van der Waals surface area contributed by atoms with E-state index >= 15 is 0 Å². The van der Waals surface area contributed by atoms with Crippen molar-refractivity contribution >= 4 is 5.91 Å². The second-order valence-corrected chi connectivity index (χ2v) is 8.57. The number of nitrogens with zero attached hydrogens (tertiary/aromatic N) is 2. The maximum absolute atomic E-state index is 13.2. The number of rotatable bonds is 4. The molecule has 3 saturated heterocycles. The minimum atomic E-state index is -0.331. The largest absolute Gasteiger partial charge is 0.456 e. The van der Waals surface area contributed by atoms with Gasteiger partial charge in [0.05, 0.1) is 6.10 Å². The first-order valence-electron chi connectivity index (χ1n) is 10.6. The number of aryl methyl sites for hydroxylation is 1. The molecule has 6 nitrogen and oxygen atoms in total. The molecule has 2 N–H and O–H groups in total. The van der Waals surface area contributed by atoms with Crippen LogP contribution in [0, 0.1) is 5.41 Å². The molecule has 1 amide bonds. The van der Waals surface area contributed by atoms with Crippen LogP contribution in [-0.2, 0) is 13.0 Å². The molecule has 6 heteroatoms. The molecule has 4 rings (SSSR count). The van der Waals surface area contributed by atoms with Crippen molar-refractivity contribution in [2.24, 2.45) is 5.41 Å². The fraction of sp³-hybridized carbons (Fsp3) is 0.762. The molecular weight excluding hydrogens is 342 g/mol. The molecule has 0 aliphatic carbocycles. The molecule has 1 aromatic rings. The molecular formula is C21H33N3O3. The van der Waals surface area contributed by atoms with Crippen LogP contribution in [0.4, 0.5) is 0 Å². The van der Waals surface area contributed by atoms with Crippen LogP contribution < -0.4 is 5.32 Å². The number of furan rings is 1. The van der Waals surface area contributed by atoms with Crippen molar-refractivity contribution in [3.63, 3.8) is 0 Å². The summed E-state index contributed by atoms with van der Waals surface area (Å²) in [5, 5.41) is 14.0. The van der Waals surface area contributed by atoms with E-state index in [1.807, 2.05) is 11.0 Å². The first kappa shape index (κ1) is 19.0. The zero-order valence-corrected chi connectivity index (χ0v) is 16.5. The first-order chi connectivity index (χ1) is 13.1. The van der Waals surface area contributed by atoms with Crippen LogP contribution in [0.25, 0.3) is 0 Å². The normalized spacial score (nSPS) is 29.6. The van der Waals surface area contributed by atoms with Gasteiger partial charge >= 0.3 is 0 Å². The summed E-state index contributed by atoms with van der Waals surface area (Å²) in [7, 11) is 0. The van der Waals surface area contributed by atoms with Crippen molar-refractivity contribution in [3.05, 3.63) is 23.2 Å². The third-order valence-electron chi connectivity index (χ3n) is 6.70. The molecule has 3 aliphatic rings. The number of likely N-dealkylation sites (tertiary alicyclic amines) is 2. The standard InChI is InChI=1S/C21H33N3O3/c1-2-17-16(13-23-9-3-4-10-23)12-18(27-17)20(26)24-11-5-7-21(15-24)14-22-8-6-19(21)25/h12,19,22,25H,2-11,13-15H2,1H3/t19-,21-/m0/s1. The Bertz CT molecular complexity index is 664. The number of hydrogen-bond donors (Lipinski definition) is 2. The van der Waals surface area contributed by atoms with E-state index in [2.05, 4.69) is 17.1 Å². The molecule has 0 bridgehead atoms. The van der Waals surface area contributed by atoms with Crippen molar-refractivity contribution in [2.75, 3.05) is 39.3 Å². The van der Waals surface area contributed by atoms with E-state index in [4.69, 9.17) is 4.42 Å². The van der Waals surface area contributed by atoms with Gasteiger partial charge < -0.3 is 19.7 Å². The third kappa shape index (κ3) is 3.80. The van der Waals surface area contributed by atoms with Gasteiger partial charge in [-0.1, -0.05) is 6.92 Å². The predicted molar refractivity (Wildman–Crippen MR) is 104 cm³/mol. The van der Waals surface area contributed by atoms with Gasteiger partial charge in [0, 0.05) is 43.6 Å². The van der Waals surface area contributed by atoms with Crippen LogP contribution in [0.1, 0.15) is 60.9 Å². The van der Waals surface area contributed by atoms with Gasteiger partial charge in [0.1, 0.15) is 5.76 Å². The summed E-state index contributed by atoms with van der Waals surface area (Å²) in [5.41, 5.74) is 0.957. The number of piperidine rings is 2. The molecule has 1 spiro atoms. The van der Waals surface area contributed by atoms with E-state index < -0.39 is 0 Å². The van der Waals surface area contributed by atoms with Crippen LogP contribution in [-0.4, -0.2) is 66.2 Å². The van der Waals surface area contributed by atoms with E-state index in [1.54, 1.807) is 0 Å². The SMILES string of the molecule is CCc1oc(C(=O)N2CCC[C@]3(CNCC[C@@H]3O)C2)cc1CN1CCCC1. The highest BCUT2D eigenvalue weighted by atomic mass is 16.4. The van der Waals surface area contributed by atoms with E-state index in [1.165, 1.54) is 12.8 Å². The fourth-order valence-electron chi connectivity index (χ4n) is 5.09. The minimum Gasteiger partial charge on any atom is -0.456 e. The Kier molecular flexibility index (Phi) is 5.58. The Balaban J connectivity index is 1.49. The number of hydrogen-bond acceptors (Lipinski definition) is 5. The highest BCUT2D eigenvalue weighted by Crippen LogP contribution is 2.37. The molecule has 2 atom stereocenters. The third-order valence-corrected chi connectivity index (χ3v) is 6.70. The Morgan fingerprint density at radius 1 is 1.33 bits per heavy atom. The van der Waals surface area contributed by atoms with Gasteiger partial charge in [0.2, 0.25) is 0 Å². The lowest BCUT2D eigenvalue weighted by atomic mass is 9.72. The summed E-state index contributed by atoms with van der Waals surface area (Å²) in [6, 6.07) is 1.97. The van der Waals surface area contributed by atoms with E-state index in [9.17, 15) is 9.90 Å². The van der Waals surface area contributed by atoms with Gasteiger partial charge in [-0.25, -0.2) is 0 Å². The van der Waals surface area contributed by atoms with Gasteiger partial charge in [0.15, 0.2) is 5.76 Å². The molecule has 1 aromatic heterocycles. The Morgan fingerprint density at radius 2 is 2.15 bits per heavy atom. The first-order valence-corrected chi connectivity index (χ1v) is 10.6. The van der Waals surface area contributed by atoms with Gasteiger partial charge in [-0.05, 0) is 57.8 Å². The minimum absolute atomic E-state index is 0.0192. The van der Waals surface area contributed by atoms with Crippen LogP contribution in [0.2, 0.25) is 0 Å². The fourth-order valence-corrected chi connectivity index (χ4v) is 5.09. The van der Waals surface area contributed by atoms with Crippen molar-refractivity contribution in [2.45, 2.75) is 58.1 Å². The Labute approximate surface area is 161 Å². The van der Waals surface area contributed by atoms with Crippen LogP contribution in [0.15, 0.2) is 10.5 Å². The molecule has 3 aliphatic heterocycles. The van der Waals surface area contributed by atoms with Crippen molar-refractivity contribution in [1.82, 2.24) is 15.1 Å². The summed E-state index contributed by atoms with van der Waals surface area (Å²) in [6.07, 6.45) is 5.68. The molecule has 0 unspecified atom stereocenters. The molecule has 27 heavy (non-hydrogen) atoms. The topological polar surface area (TPSA) is 69.0 Å². The second kappa shape index (κ2) is 7.94. The Morgan fingerprint density at radius 3 is 2.89 bits per heavy atom. The number of carbonyl (C=O) groups excluding carboxylic acids is 1. The van der Waals surface area contributed by atoms with Gasteiger partial charge in [-0.2, -0.15) is 0 Å². The van der Waals surface area contributed by atoms with E-state index in [-0.39, 0.29) is 17.4 Å². The molecule has 0 aromatic carbocycles. The number of nitrogens with one attached hydrogen (secondary N) is 1. The van der Waals surface area contributed by atoms with Crippen molar-refractivity contribution in [3.8, 4) is 0 Å². The highest BCUT2D eigenvalue weighted by Gasteiger charge is 2.44. The Hall–Kier alpha value is -1.37. The summed E-state index contributed by atoms with van der Waals surface area (Å²) >= 11 is 0. The average molecular weight is 376 g/mol. The maximum atomic E-state index is 13.2. The second-order valence-electron chi connectivity index (χ2n) is 8.57. The quantitative estimate of drug-likeness (QED) is 0.843. The van der Waals surface area contributed by atoms with Gasteiger partial charge in [-0.3, -0.25) is 9.69 Å². The predicted octanol–water partition coefficient (Wildman–Crippen LogP) is 2.01. The van der Waals surface area contributed by atoms with Crippen molar-refractivity contribution < 1.29 is 14.3 Å². The smallest absolute Gasteiger partial charge is 0.289 e. The zero-order chi connectivity index (χ0) is 18.9.